The van der Waals surface area contributed by atoms with Crippen LogP contribution in [0.2, 0.25) is 0 Å². The van der Waals surface area contributed by atoms with Gasteiger partial charge in [0.1, 0.15) is 10.6 Å². The molecule has 0 radical (unpaired) electrons. The summed E-state index contributed by atoms with van der Waals surface area (Å²) < 4.78 is 5.61. The molecule has 1 saturated carbocycles. The van der Waals surface area contributed by atoms with Gasteiger partial charge in [0.25, 0.3) is 0 Å². The lowest BCUT2D eigenvalue weighted by molar-refractivity contribution is -0.151. The van der Waals surface area contributed by atoms with Crippen molar-refractivity contribution in [2.24, 2.45) is 5.92 Å². The van der Waals surface area contributed by atoms with Crippen molar-refractivity contribution >= 4 is 23.2 Å². The van der Waals surface area contributed by atoms with Crippen molar-refractivity contribution in [3.8, 4) is 10.6 Å². The lowest BCUT2D eigenvalue weighted by Gasteiger charge is -2.30. The number of carbonyl (C=O) groups excluding carboxylic acids is 2. The molecule has 0 N–H and O–H groups in total. The summed E-state index contributed by atoms with van der Waals surface area (Å²) in [4.78, 5) is 31.2. The summed E-state index contributed by atoms with van der Waals surface area (Å²) in [6, 6.07) is 10.0. The molecule has 1 aliphatic carbocycles. The van der Waals surface area contributed by atoms with Crippen LogP contribution in [0.3, 0.4) is 0 Å². The smallest absolute Gasteiger partial charge is 0.307 e. The zero-order valence-electron chi connectivity index (χ0n) is 14.8. The van der Waals surface area contributed by atoms with E-state index in [1.54, 1.807) is 23.3 Å². The molecule has 1 aromatic carbocycles. The van der Waals surface area contributed by atoms with Crippen molar-refractivity contribution in [1.29, 1.82) is 0 Å². The fourth-order valence-corrected chi connectivity index (χ4v) is 4.93. The van der Waals surface area contributed by atoms with Crippen LogP contribution < -0.4 is 0 Å². The summed E-state index contributed by atoms with van der Waals surface area (Å²) in [5.74, 6) is -0.597. The normalized spacial score (nSPS) is 21.1. The van der Waals surface area contributed by atoms with Crippen molar-refractivity contribution in [2.75, 3.05) is 7.05 Å². The standard InChI is InChI=1S/C20H22N2O3S/c1-22(12-15-13-26-18(21-15)14-7-3-2-4-8-14)19(24)16-11-17(23)25-20(16)9-5-6-10-20/h2-4,7-8,13,16H,5-6,9-12H2,1H3/t16-/m1/s1. The van der Waals surface area contributed by atoms with E-state index in [1.807, 2.05) is 35.7 Å². The van der Waals surface area contributed by atoms with Crippen LogP contribution in [-0.4, -0.2) is 34.4 Å². The first kappa shape index (κ1) is 17.2. The van der Waals surface area contributed by atoms with Gasteiger partial charge < -0.3 is 9.64 Å². The van der Waals surface area contributed by atoms with Crippen molar-refractivity contribution in [3.05, 3.63) is 41.4 Å². The molecular weight excluding hydrogens is 348 g/mol. The Labute approximate surface area is 157 Å². The Morgan fingerprint density at radius 3 is 2.77 bits per heavy atom. The SMILES string of the molecule is CN(Cc1csc(-c2ccccc2)n1)C(=O)[C@H]1CC(=O)OC12CCCC2. The van der Waals surface area contributed by atoms with E-state index >= 15 is 0 Å². The number of thiazole rings is 1. The van der Waals surface area contributed by atoms with Crippen LogP contribution in [0.4, 0.5) is 0 Å². The van der Waals surface area contributed by atoms with Gasteiger partial charge >= 0.3 is 5.97 Å². The molecule has 5 nitrogen and oxygen atoms in total. The minimum absolute atomic E-state index is 0.00740. The van der Waals surface area contributed by atoms with Gasteiger partial charge in [-0.15, -0.1) is 11.3 Å². The van der Waals surface area contributed by atoms with Gasteiger partial charge in [0.05, 0.1) is 24.6 Å². The van der Waals surface area contributed by atoms with Gasteiger partial charge in [0, 0.05) is 18.0 Å². The number of nitrogens with zero attached hydrogens (tertiary/aromatic N) is 2. The molecule has 136 valence electrons. The van der Waals surface area contributed by atoms with E-state index in [4.69, 9.17) is 4.74 Å². The summed E-state index contributed by atoms with van der Waals surface area (Å²) >= 11 is 1.58. The summed E-state index contributed by atoms with van der Waals surface area (Å²) in [7, 11) is 1.79. The predicted molar refractivity (Wildman–Crippen MR) is 99.4 cm³/mol. The highest BCUT2D eigenvalue weighted by atomic mass is 32.1. The third-order valence-corrected chi connectivity index (χ3v) is 6.36. The Hall–Kier alpha value is -2.21. The highest BCUT2D eigenvalue weighted by Crippen LogP contribution is 2.46. The van der Waals surface area contributed by atoms with Gasteiger partial charge in [0.15, 0.2) is 0 Å². The van der Waals surface area contributed by atoms with E-state index in [2.05, 4.69) is 4.98 Å². The third-order valence-electron chi connectivity index (χ3n) is 5.42. The molecule has 1 aromatic heterocycles. The Kier molecular flexibility index (Phi) is 4.53. The van der Waals surface area contributed by atoms with Crippen LogP contribution in [0.25, 0.3) is 10.6 Å². The summed E-state index contributed by atoms with van der Waals surface area (Å²) in [5, 5.41) is 2.95. The molecule has 2 aliphatic rings. The van der Waals surface area contributed by atoms with Gasteiger partial charge in [0.2, 0.25) is 5.91 Å². The van der Waals surface area contributed by atoms with Crippen LogP contribution in [0.15, 0.2) is 35.7 Å². The zero-order valence-corrected chi connectivity index (χ0v) is 15.6. The van der Waals surface area contributed by atoms with Crippen molar-refractivity contribution in [3.63, 3.8) is 0 Å². The molecule has 4 rings (SSSR count). The molecule has 0 unspecified atom stereocenters. The minimum atomic E-state index is -0.556. The number of rotatable bonds is 4. The van der Waals surface area contributed by atoms with Crippen molar-refractivity contribution in [1.82, 2.24) is 9.88 Å². The number of hydrogen-bond acceptors (Lipinski definition) is 5. The van der Waals surface area contributed by atoms with Gasteiger partial charge in [-0.25, -0.2) is 4.98 Å². The molecule has 2 heterocycles. The van der Waals surface area contributed by atoms with Crippen LogP contribution in [0.5, 0.6) is 0 Å². The Bertz CT molecular complexity index is 811. The number of hydrogen-bond donors (Lipinski definition) is 0. The first-order chi connectivity index (χ1) is 12.6. The topological polar surface area (TPSA) is 59.5 Å². The average Bonchev–Trinajstić information content (AvgIpc) is 3.37. The molecule has 26 heavy (non-hydrogen) atoms. The maximum Gasteiger partial charge on any atom is 0.307 e. The van der Waals surface area contributed by atoms with E-state index < -0.39 is 5.60 Å². The highest BCUT2D eigenvalue weighted by molar-refractivity contribution is 7.13. The zero-order chi connectivity index (χ0) is 18.1. The van der Waals surface area contributed by atoms with Crippen LogP contribution in [-0.2, 0) is 20.9 Å². The minimum Gasteiger partial charge on any atom is -0.458 e. The lowest BCUT2D eigenvalue weighted by atomic mass is 9.84. The molecule has 2 aromatic rings. The fourth-order valence-electron chi connectivity index (χ4n) is 4.11. The fraction of sp³-hybridized carbons (Fsp3) is 0.450. The number of carbonyl (C=O) groups is 2. The first-order valence-corrected chi connectivity index (χ1v) is 9.92. The number of benzene rings is 1. The number of esters is 1. The van der Waals surface area contributed by atoms with Gasteiger partial charge in [-0.05, 0) is 25.7 Å². The van der Waals surface area contributed by atoms with E-state index in [9.17, 15) is 9.59 Å². The monoisotopic (exact) mass is 370 g/mol. The van der Waals surface area contributed by atoms with E-state index in [0.717, 1.165) is 41.9 Å². The van der Waals surface area contributed by atoms with E-state index in [-0.39, 0.29) is 24.2 Å². The van der Waals surface area contributed by atoms with Gasteiger partial charge in [-0.1, -0.05) is 30.3 Å². The van der Waals surface area contributed by atoms with Crippen LogP contribution >= 0.6 is 11.3 Å². The summed E-state index contributed by atoms with van der Waals surface area (Å²) in [6.07, 6.45) is 3.85. The molecule has 1 spiro atoms. The Morgan fingerprint density at radius 1 is 1.31 bits per heavy atom. The number of aromatic nitrogens is 1. The molecule has 1 atom stereocenters. The summed E-state index contributed by atoms with van der Waals surface area (Å²) in [6.45, 7) is 0.447. The second-order valence-electron chi connectivity index (χ2n) is 7.21. The molecule has 1 saturated heterocycles. The number of amides is 1. The van der Waals surface area contributed by atoms with E-state index in [1.165, 1.54) is 0 Å². The van der Waals surface area contributed by atoms with Crippen molar-refractivity contribution < 1.29 is 14.3 Å². The highest BCUT2D eigenvalue weighted by Gasteiger charge is 2.54. The van der Waals surface area contributed by atoms with Crippen molar-refractivity contribution in [2.45, 2.75) is 44.2 Å². The molecule has 2 fully saturated rings. The van der Waals surface area contributed by atoms with Crippen LogP contribution in [0, 0.1) is 5.92 Å². The predicted octanol–water partition coefficient (Wildman–Crippen LogP) is 3.64. The largest absolute Gasteiger partial charge is 0.458 e. The van der Waals surface area contributed by atoms with Gasteiger partial charge in [-0.3, -0.25) is 9.59 Å². The Balaban J connectivity index is 1.46. The lowest BCUT2D eigenvalue weighted by Crippen LogP contribution is -2.43. The maximum atomic E-state index is 13.0. The Morgan fingerprint density at radius 2 is 2.04 bits per heavy atom. The second-order valence-corrected chi connectivity index (χ2v) is 8.07. The average molecular weight is 370 g/mol. The molecule has 1 amide bonds. The molecule has 1 aliphatic heterocycles. The summed E-state index contributed by atoms with van der Waals surface area (Å²) in [5.41, 5.74) is 1.40. The second kappa shape index (κ2) is 6.83. The molecule has 0 bridgehead atoms. The number of ether oxygens (including phenoxy) is 1. The molecular formula is C20H22N2O3S. The maximum absolute atomic E-state index is 13.0. The van der Waals surface area contributed by atoms with Gasteiger partial charge in [-0.2, -0.15) is 0 Å². The van der Waals surface area contributed by atoms with E-state index in [0.29, 0.717) is 6.54 Å². The quantitative estimate of drug-likeness (QED) is 0.771. The van der Waals surface area contributed by atoms with Crippen LogP contribution in [0.1, 0.15) is 37.8 Å². The third kappa shape index (κ3) is 3.14. The molecule has 6 heteroatoms. The first-order valence-electron chi connectivity index (χ1n) is 9.04.